The number of nitrogens with two attached hydrogens (primary N) is 1. The largest absolute Gasteiger partial charge is 0.497 e. The quantitative estimate of drug-likeness (QED) is 0.729. The van der Waals surface area contributed by atoms with Gasteiger partial charge in [0.05, 0.1) is 13.3 Å². The first-order valence-corrected chi connectivity index (χ1v) is 8.63. The van der Waals surface area contributed by atoms with E-state index in [9.17, 15) is 14.0 Å². The number of primary amides is 1. The zero-order chi connectivity index (χ0) is 20.1. The molecule has 0 unspecified atom stereocenters. The molecule has 3 heterocycles. The maximum absolute atomic E-state index is 14.0. The predicted molar refractivity (Wildman–Crippen MR) is 98.2 cm³/mol. The van der Waals surface area contributed by atoms with Crippen LogP contribution < -0.4 is 10.5 Å². The zero-order valence-corrected chi connectivity index (χ0v) is 15.4. The number of fused-ring (bicyclic) bond motifs is 2. The lowest BCUT2D eigenvalue weighted by atomic mass is 9.86. The summed E-state index contributed by atoms with van der Waals surface area (Å²) in [5.74, 6) is -0.783. The summed E-state index contributed by atoms with van der Waals surface area (Å²) >= 11 is 0. The van der Waals surface area contributed by atoms with Crippen molar-refractivity contribution in [2.45, 2.75) is 18.9 Å². The van der Waals surface area contributed by atoms with E-state index in [1.165, 1.54) is 24.3 Å². The number of rotatable bonds is 5. The summed E-state index contributed by atoms with van der Waals surface area (Å²) in [5, 5.41) is 0.420. The molecule has 1 aliphatic rings. The first-order valence-electron chi connectivity index (χ1n) is 8.63. The van der Waals surface area contributed by atoms with Gasteiger partial charge in [-0.25, -0.2) is 4.39 Å². The molecule has 0 aliphatic carbocycles. The maximum atomic E-state index is 14.0. The summed E-state index contributed by atoms with van der Waals surface area (Å²) in [6.45, 7) is 1.90. The molecule has 0 fully saturated rings. The number of hydrogen-bond acceptors (Lipinski definition) is 5. The van der Waals surface area contributed by atoms with E-state index in [1.807, 2.05) is 6.07 Å². The third-order valence-electron chi connectivity index (χ3n) is 5.17. The monoisotopic (exact) mass is 383 g/mol. The summed E-state index contributed by atoms with van der Waals surface area (Å²) in [6, 6.07) is 6.79. The number of hydrogen-bond donors (Lipinski definition) is 1. The van der Waals surface area contributed by atoms with E-state index < -0.39 is 17.1 Å². The molecule has 2 N–H and O–H groups in total. The Kier molecular flexibility index (Phi) is 4.06. The Hall–Kier alpha value is -3.42. The highest BCUT2D eigenvalue weighted by Gasteiger charge is 2.42. The van der Waals surface area contributed by atoms with E-state index in [0.29, 0.717) is 23.2 Å². The van der Waals surface area contributed by atoms with Crippen molar-refractivity contribution in [3.8, 4) is 5.75 Å². The van der Waals surface area contributed by atoms with Crippen LogP contribution in [0, 0.1) is 5.82 Å². The average molecular weight is 383 g/mol. The SMILES string of the molecule is COc1ccc2c(c1)C(=O)N(C[C@@](C)(C(N)=O)c1cc3cncc(F)c3o1)C2. The van der Waals surface area contributed by atoms with E-state index in [1.54, 1.807) is 19.1 Å². The van der Waals surface area contributed by atoms with Crippen molar-refractivity contribution in [2.24, 2.45) is 5.73 Å². The van der Waals surface area contributed by atoms with E-state index in [0.717, 1.165) is 11.8 Å². The van der Waals surface area contributed by atoms with Crippen molar-refractivity contribution < 1.29 is 23.1 Å². The number of furan rings is 1. The fourth-order valence-corrected chi connectivity index (χ4v) is 3.46. The molecule has 3 aromatic rings. The van der Waals surface area contributed by atoms with Crippen molar-refractivity contribution in [2.75, 3.05) is 13.7 Å². The van der Waals surface area contributed by atoms with Crippen molar-refractivity contribution in [3.05, 3.63) is 59.4 Å². The molecule has 1 aliphatic heterocycles. The molecule has 1 aromatic carbocycles. The topological polar surface area (TPSA) is 98.7 Å². The van der Waals surface area contributed by atoms with Gasteiger partial charge < -0.3 is 19.8 Å². The van der Waals surface area contributed by atoms with Crippen LogP contribution in [0.25, 0.3) is 11.0 Å². The van der Waals surface area contributed by atoms with Crippen molar-refractivity contribution >= 4 is 22.8 Å². The van der Waals surface area contributed by atoms with Crippen molar-refractivity contribution in [1.29, 1.82) is 0 Å². The molecule has 2 aromatic heterocycles. The molecule has 0 radical (unpaired) electrons. The number of ether oxygens (including phenoxy) is 1. The van der Waals surface area contributed by atoms with Gasteiger partial charge in [-0.1, -0.05) is 6.07 Å². The molecular weight excluding hydrogens is 365 g/mol. The number of pyridine rings is 1. The van der Waals surface area contributed by atoms with Gasteiger partial charge in [0.1, 0.15) is 16.9 Å². The number of benzene rings is 1. The maximum Gasteiger partial charge on any atom is 0.254 e. The number of carbonyl (C=O) groups excluding carboxylic acids is 2. The number of aromatic nitrogens is 1. The van der Waals surface area contributed by atoms with Crippen molar-refractivity contribution in [1.82, 2.24) is 9.88 Å². The van der Waals surface area contributed by atoms with Gasteiger partial charge in [-0.15, -0.1) is 0 Å². The fourth-order valence-electron chi connectivity index (χ4n) is 3.46. The second-order valence-electron chi connectivity index (χ2n) is 7.03. The van der Waals surface area contributed by atoms with Crippen LogP contribution in [-0.4, -0.2) is 35.4 Å². The Labute approximate surface area is 159 Å². The van der Waals surface area contributed by atoms with Crippen LogP contribution >= 0.6 is 0 Å². The number of nitrogens with zero attached hydrogens (tertiary/aromatic N) is 2. The van der Waals surface area contributed by atoms with Crippen LogP contribution in [0.2, 0.25) is 0 Å². The van der Waals surface area contributed by atoms with Gasteiger partial charge >= 0.3 is 0 Å². The van der Waals surface area contributed by atoms with Crippen LogP contribution in [0.5, 0.6) is 5.75 Å². The lowest BCUT2D eigenvalue weighted by molar-refractivity contribution is -0.124. The van der Waals surface area contributed by atoms with Gasteiger partial charge in [-0.2, -0.15) is 0 Å². The van der Waals surface area contributed by atoms with Gasteiger partial charge in [0, 0.05) is 30.2 Å². The molecule has 2 amide bonds. The lowest BCUT2D eigenvalue weighted by Gasteiger charge is -2.29. The summed E-state index contributed by atoms with van der Waals surface area (Å²) < 4.78 is 24.7. The zero-order valence-electron chi connectivity index (χ0n) is 15.4. The molecule has 1 atom stereocenters. The molecule has 8 heteroatoms. The highest BCUT2D eigenvalue weighted by Crippen LogP contribution is 2.34. The minimum atomic E-state index is -1.34. The van der Waals surface area contributed by atoms with Gasteiger partial charge in [-0.05, 0) is 30.7 Å². The standard InChI is InChI=1S/C20H18FN3O4/c1-20(19(22)26,16-5-12-7-23-8-15(21)17(12)28-16)10-24-9-11-3-4-13(27-2)6-14(11)18(24)25/h3-8H,9-10H2,1-2H3,(H2,22,26)/t20-/m1/s1. The highest BCUT2D eigenvalue weighted by atomic mass is 19.1. The Bertz CT molecular complexity index is 1110. The minimum absolute atomic E-state index is 0.00162. The predicted octanol–water partition coefficient (Wildman–Crippen LogP) is 2.37. The fraction of sp³-hybridized carbons (Fsp3) is 0.250. The van der Waals surface area contributed by atoms with Crippen LogP contribution in [0.4, 0.5) is 4.39 Å². The second-order valence-corrected chi connectivity index (χ2v) is 7.03. The molecule has 0 saturated carbocycles. The minimum Gasteiger partial charge on any atom is -0.497 e. The molecule has 28 heavy (non-hydrogen) atoms. The van der Waals surface area contributed by atoms with Gasteiger partial charge in [0.15, 0.2) is 11.4 Å². The smallest absolute Gasteiger partial charge is 0.254 e. The lowest BCUT2D eigenvalue weighted by Crippen LogP contribution is -2.47. The normalized spacial score (nSPS) is 15.5. The van der Waals surface area contributed by atoms with E-state index in [2.05, 4.69) is 4.98 Å². The van der Waals surface area contributed by atoms with Gasteiger partial charge in [0.2, 0.25) is 5.91 Å². The Morgan fingerprint density at radius 3 is 2.86 bits per heavy atom. The van der Waals surface area contributed by atoms with Crippen LogP contribution in [-0.2, 0) is 16.8 Å². The summed E-state index contributed by atoms with van der Waals surface area (Å²) in [6.07, 6.45) is 2.47. The van der Waals surface area contributed by atoms with E-state index >= 15 is 0 Å². The van der Waals surface area contributed by atoms with Crippen LogP contribution in [0.3, 0.4) is 0 Å². The Morgan fingerprint density at radius 2 is 2.18 bits per heavy atom. The molecular formula is C20H18FN3O4. The Balaban J connectivity index is 1.70. The molecule has 0 spiro atoms. The van der Waals surface area contributed by atoms with Gasteiger partial charge in [-0.3, -0.25) is 14.6 Å². The molecule has 0 bridgehead atoms. The molecule has 0 saturated heterocycles. The van der Waals surface area contributed by atoms with E-state index in [4.69, 9.17) is 14.9 Å². The van der Waals surface area contributed by atoms with Gasteiger partial charge in [0.25, 0.3) is 5.91 Å². The third kappa shape index (κ3) is 2.69. The third-order valence-corrected chi connectivity index (χ3v) is 5.17. The first-order chi connectivity index (χ1) is 13.3. The summed E-state index contributed by atoms with van der Waals surface area (Å²) in [7, 11) is 1.53. The second kappa shape index (κ2) is 6.33. The number of halogens is 1. The number of carbonyl (C=O) groups is 2. The Morgan fingerprint density at radius 1 is 1.39 bits per heavy atom. The molecule has 7 nitrogen and oxygen atoms in total. The van der Waals surface area contributed by atoms with E-state index in [-0.39, 0.29) is 23.8 Å². The summed E-state index contributed by atoms with van der Waals surface area (Å²) in [5.41, 5.74) is 5.68. The number of methoxy groups -OCH3 is 1. The average Bonchev–Trinajstić information content (AvgIpc) is 3.24. The van der Waals surface area contributed by atoms with Crippen LogP contribution in [0.15, 0.2) is 41.1 Å². The van der Waals surface area contributed by atoms with Crippen molar-refractivity contribution in [3.63, 3.8) is 0 Å². The molecule has 144 valence electrons. The van der Waals surface area contributed by atoms with Crippen LogP contribution in [0.1, 0.15) is 28.6 Å². The summed E-state index contributed by atoms with van der Waals surface area (Å²) in [4.78, 5) is 30.5. The molecule has 4 rings (SSSR count). The number of amides is 2. The highest BCUT2D eigenvalue weighted by molar-refractivity contribution is 5.99. The first kappa shape index (κ1) is 18.0.